The molecule has 690 valence electrons. The minimum absolute atomic E-state index is 0. The van der Waals surface area contributed by atoms with Gasteiger partial charge in [-0.3, -0.25) is 38.5 Å². The van der Waals surface area contributed by atoms with Gasteiger partial charge in [-0.1, -0.05) is 127 Å². The van der Waals surface area contributed by atoms with Crippen molar-refractivity contribution >= 4 is 118 Å². The largest absolute Gasteiger partial charge is 0.466 e. The number of carbonyl (C=O) groups excluding carboxylic acids is 10. The van der Waals surface area contributed by atoms with Gasteiger partial charge in [0, 0.05) is 184 Å². The van der Waals surface area contributed by atoms with Crippen LogP contribution in [0.5, 0.6) is 0 Å². The topological polar surface area (TPSA) is 261 Å². The van der Waals surface area contributed by atoms with E-state index in [9.17, 15) is 56.7 Å². The summed E-state index contributed by atoms with van der Waals surface area (Å²) in [5, 5.41) is 6.99. The average Bonchev–Trinajstić information content (AvgIpc) is 1.63. The lowest BCUT2D eigenvalue weighted by Crippen LogP contribution is -2.51. The summed E-state index contributed by atoms with van der Waals surface area (Å²) in [6, 6.07) is 39.4. The number of hydrogen-bond acceptors (Lipinski definition) is 16. The smallest absolute Gasteiger partial charge is 0.322 e. The molecule has 7 saturated heterocycles. The molecule has 1 aromatic heterocycles. The third-order valence-corrected chi connectivity index (χ3v) is 30.9. The van der Waals surface area contributed by atoms with Gasteiger partial charge in [0.15, 0.2) is 0 Å². The summed E-state index contributed by atoms with van der Waals surface area (Å²) in [5.41, 5.74) is 9.64. The van der Waals surface area contributed by atoms with E-state index < -0.39 is 27.5 Å². The highest BCUT2D eigenvalue weighted by molar-refractivity contribution is 8.02. The summed E-state index contributed by atoms with van der Waals surface area (Å²) < 4.78 is 33.6. The first-order chi connectivity index (χ1) is 61.6. The molecule has 0 spiro atoms. The number of para-hydroxylation sites is 4. The van der Waals surface area contributed by atoms with Gasteiger partial charge >= 0.3 is 24.1 Å². The van der Waals surface area contributed by atoms with Crippen molar-refractivity contribution in [2.45, 2.75) is 221 Å². The van der Waals surface area contributed by atoms with Crippen molar-refractivity contribution in [3.05, 3.63) is 185 Å². The third-order valence-electron chi connectivity index (χ3n) is 26.5. The Bertz CT molecular complexity index is 4930. The number of hydrogen-bond donors (Lipinski definition) is 3. The first-order valence-electron chi connectivity index (χ1n) is 46.1. The fourth-order valence-electron chi connectivity index (χ4n) is 19.1. The lowest BCUT2D eigenvalue weighted by atomic mass is 9.92. The second-order valence-corrected chi connectivity index (χ2v) is 41.3. The number of nitrogens with zero attached hydrogens (tertiary/aromatic N) is 11. The fraction of sp³-hybridized carbons (Fsp3) is 0.541. The Kier molecular flexibility index (Phi) is 31.8. The molecule has 0 saturated carbocycles. The highest BCUT2D eigenvalue weighted by Crippen LogP contribution is 2.50. The van der Waals surface area contributed by atoms with Crippen molar-refractivity contribution in [2.24, 2.45) is 23.2 Å². The Morgan fingerprint density at radius 3 is 1.45 bits per heavy atom. The van der Waals surface area contributed by atoms with Crippen LogP contribution in [0, 0.1) is 34.8 Å². The third kappa shape index (κ3) is 23.4. The molecule has 128 heavy (non-hydrogen) atoms. The molecule has 25 nitrogen and oxygen atoms in total. The molecular formula is C98H130F2N14O11S3. The van der Waals surface area contributed by atoms with Crippen molar-refractivity contribution in [2.75, 3.05) is 113 Å². The summed E-state index contributed by atoms with van der Waals surface area (Å²) in [4.78, 5) is 156. The zero-order valence-electron chi connectivity index (χ0n) is 75.2. The van der Waals surface area contributed by atoms with E-state index in [2.05, 4.69) is 92.5 Å². The standard InChI is InChI=1S/C39H53N5O5S.C30H36F2N4O3S.C29H37N5O3S.2H2/c1-5-49-37(47)28-14-20-41(21-15-28)32-13-9-7-11-30(32)36-44(25-19-39(2,3)4)35(46)33(50-36)26-34(45)42-22-17-29(18-23-42)43-24-16-27-10-6-8-12-31(27)40-38(43)48;1-19(2)9-15-36-28(38)26(40-29(36)23-8-7-21(31)17-24(23)32)18-27(37)34-13-11-22(12-14-34)35-16-10-20-5-3-4-6-25(20)33-30(35)39;1-20(2)17-27-33(16-9-21-7-12-30-13-8-21)28(36)25(38-27)18-26(35)32-14-10-23(11-15-32)34-19-22-5-3-4-6-24(22)31-29(34)37;;/h6-13,28-29,33,36H,5,14-26H2,1-4H3,(H,40,48);3-8,17,19,22,26,29H,9-16,18H2,1-2H3,(H,33,39);3-8,12-13,20,23,25,27H,9-11,14-19H2,1-2H3,(H,31,37);2*1H. The predicted octanol–water partition coefficient (Wildman–Crippen LogP) is 16.6. The van der Waals surface area contributed by atoms with Gasteiger partial charge < -0.3 is 69.7 Å². The second-order valence-electron chi connectivity index (χ2n) is 37.3. The lowest BCUT2D eigenvalue weighted by molar-refractivity contribution is -0.148. The van der Waals surface area contributed by atoms with E-state index in [0.717, 1.165) is 147 Å². The van der Waals surface area contributed by atoms with Crippen molar-refractivity contribution in [3.63, 3.8) is 0 Å². The molecule has 6 unspecified atom stereocenters. The minimum atomic E-state index is -0.686. The molecule has 0 radical (unpaired) electrons. The summed E-state index contributed by atoms with van der Waals surface area (Å²) in [5.74, 6) is -0.847. The molecule has 0 bridgehead atoms. The number of ether oxygens (including phenoxy) is 1. The maximum Gasteiger partial charge on any atom is 0.322 e. The van der Waals surface area contributed by atoms with Crippen molar-refractivity contribution in [1.82, 2.24) is 49.1 Å². The van der Waals surface area contributed by atoms with E-state index in [4.69, 9.17) is 4.74 Å². The number of anilines is 4. The Balaban J connectivity index is 0.000000177. The number of likely N-dealkylation sites (tertiary alicyclic amines) is 3. The first-order valence-corrected chi connectivity index (χ1v) is 49.0. The number of benzene rings is 5. The summed E-state index contributed by atoms with van der Waals surface area (Å²) in [7, 11) is 0. The highest BCUT2D eigenvalue weighted by Gasteiger charge is 2.48. The Morgan fingerprint density at radius 1 is 0.500 bits per heavy atom. The van der Waals surface area contributed by atoms with Crippen LogP contribution in [0.25, 0.3) is 0 Å². The monoisotopic (exact) mass is 1810 g/mol. The van der Waals surface area contributed by atoms with E-state index in [0.29, 0.717) is 110 Å². The normalized spacial score (nSPS) is 22.2. The van der Waals surface area contributed by atoms with E-state index >= 15 is 0 Å². The molecule has 6 atom stereocenters. The molecule has 5 aromatic carbocycles. The van der Waals surface area contributed by atoms with Crippen molar-refractivity contribution < 1.29 is 64.3 Å². The van der Waals surface area contributed by atoms with Crippen LogP contribution in [-0.2, 0) is 64.1 Å². The number of rotatable bonds is 24. The zero-order chi connectivity index (χ0) is 90.5. The molecule has 10 aliphatic heterocycles. The van der Waals surface area contributed by atoms with Gasteiger partial charge in [-0.2, -0.15) is 0 Å². The number of halogens is 2. The van der Waals surface area contributed by atoms with E-state index in [1.165, 1.54) is 23.9 Å². The summed E-state index contributed by atoms with van der Waals surface area (Å²) in [6.07, 6.45) is 14.7. The van der Waals surface area contributed by atoms with Crippen LogP contribution in [0.3, 0.4) is 0 Å². The fourth-order valence-corrected chi connectivity index (χ4v) is 23.8. The molecule has 7 fully saturated rings. The molecular weight excluding hydrogens is 1680 g/mol. The van der Waals surface area contributed by atoms with Gasteiger partial charge in [-0.25, -0.2) is 23.2 Å². The van der Waals surface area contributed by atoms with Crippen LogP contribution in [-0.4, -0.2) is 240 Å². The van der Waals surface area contributed by atoms with Crippen LogP contribution in [0.15, 0.2) is 140 Å². The van der Waals surface area contributed by atoms with Crippen molar-refractivity contribution in [1.29, 1.82) is 0 Å². The van der Waals surface area contributed by atoms with Crippen molar-refractivity contribution in [3.8, 4) is 0 Å². The van der Waals surface area contributed by atoms with Gasteiger partial charge in [-0.05, 0) is 179 Å². The van der Waals surface area contributed by atoms with Crippen LogP contribution >= 0.6 is 35.3 Å². The van der Waals surface area contributed by atoms with Crippen LogP contribution in [0.1, 0.15) is 192 Å². The number of piperidine rings is 4. The number of carbonyl (C=O) groups is 10. The van der Waals surface area contributed by atoms with E-state index in [-0.39, 0.29) is 133 Å². The number of nitrogens with one attached hydrogen (secondary N) is 3. The zero-order valence-corrected chi connectivity index (χ0v) is 77.7. The van der Waals surface area contributed by atoms with Gasteiger partial charge in [0.1, 0.15) is 22.4 Å². The molecule has 0 aliphatic carbocycles. The molecule has 10 aliphatic rings. The average molecular weight is 1810 g/mol. The summed E-state index contributed by atoms with van der Waals surface area (Å²) >= 11 is 4.52. The predicted molar refractivity (Wildman–Crippen MR) is 503 cm³/mol. The molecule has 6 aromatic rings. The van der Waals surface area contributed by atoms with Crippen LogP contribution in [0.2, 0.25) is 0 Å². The Hall–Kier alpha value is -9.94. The SMILES string of the molecule is CC(C)CC1SC(CC(=O)N2CCC(N3Cc4ccccc4NC3=O)CC2)C(=O)N1CCc1ccncc1.CC(C)CCN1C(=O)C(CC(=O)N2CCC(N3CCc4ccccc4NC3=O)CC2)SC1c1ccc(F)cc1F.CCOC(=O)C1CCN(c2ccccc2C2SC(CC(=O)N3CCC(N4CCc5ccccc5NC4=O)CC3)C(=O)N2CCC(C)(C)C)CC1.[HH].[HH]. The van der Waals surface area contributed by atoms with Gasteiger partial charge in [-0.15, -0.1) is 35.3 Å². The van der Waals surface area contributed by atoms with Crippen LogP contribution < -0.4 is 20.9 Å². The Labute approximate surface area is 768 Å². The molecule has 12 amide bonds. The molecule has 11 heterocycles. The highest BCUT2D eigenvalue weighted by atomic mass is 32.2. The molecule has 16 rings (SSSR count). The maximum atomic E-state index is 14.7. The lowest BCUT2D eigenvalue weighted by Gasteiger charge is -2.40. The quantitative estimate of drug-likeness (QED) is 0.0476. The number of thioether (sulfide) groups is 3. The number of amides is 12. The number of urea groups is 3. The van der Waals surface area contributed by atoms with Gasteiger partial charge in [0.2, 0.25) is 35.4 Å². The molecule has 30 heteroatoms. The maximum absolute atomic E-state index is 14.7. The van der Waals surface area contributed by atoms with Gasteiger partial charge in [0.05, 0.1) is 33.6 Å². The number of aromatic nitrogens is 1. The second kappa shape index (κ2) is 43.2. The Morgan fingerprint density at radius 2 is 0.953 bits per heavy atom. The van der Waals surface area contributed by atoms with Crippen LogP contribution in [0.4, 0.5) is 45.9 Å². The van der Waals surface area contributed by atoms with Gasteiger partial charge in [0.25, 0.3) is 0 Å². The minimum Gasteiger partial charge on any atom is -0.466 e. The first kappa shape index (κ1) is 94.2. The van der Waals surface area contributed by atoms with E-state index in [1.807, 2.05) is 132 Å². The molecule has 3 N–H and O–H groups in total. The van der Waals surface area contributed by atoms with E-state index in [1.54, 1.807) is 45.7 Å². The summed E-state index contributed by atoms with van der Waals surface area (Å²) in [6.45, 7) is 25.8. The number of fused-ring (bicyclic) bond motifs is 3. The number of pyridine rings is 1. The number of esters is 1.